The summed E-state index contributed by atoms with van der Waals surface area (Å²) in [5.41, 5.74) is 2.77. The summed E-state index contributed by atoms with van der Waals surface area (Å²) < 4.78 is 7.50. The highest BCUT2D eigenvalue weighted by Crippen LogP contribution is 2.30. The van der Waals surface area contributed by atoms with Crippen LogP contribution in [0.25, 0.3) is 0 Å². The quantitative estimate of drug-likeness (QED) is 0.514. The SMILES string of the molecule is [B-]1=[N+]2c3ccccc3C[C@@H]2CO1. The van der Waals surface area contributed by atoms with Crippen LogP contribution in [0.3, 0.4) is 0 Å². The van der Waals surface area contributed by atoms with Crippen LogP contribution in [0.5, 0.6) is 0 Å². The number of benzene rings is 1. The summed E-state index contributed by atoms with van der Waals surface area (Å²) in [7, 11) is 1.84. The Labute approximate surface area is 71.8 Å². The normalized spacial score (nSPS) is 24.3. The molecule has 0 fully saturated rings. The zero-order valence-corrected chi connectivity index (χ0v) is 6.73. The van der Waals surface area contributed by atoms with Crippen molar-refractivity contribution in [3.8, 4) is 0 Å². The Morgan fingerprint density at radius 3 is 3.33 bits per heavy atom. The van der Waals surface area contributed by atoms with Gasteiger partial charge in [0.05, 0.1) is 6.61 Å². The van der Waals surface area contributed by atoms with Crippen molar-refractivity contribution in [3.05, 3.63) is 29.8 Å². The molecular weight excluding hydrogens is 149 g/mol. The van der Waals surface area contributed by atoms with Crippen molar-refractivity contribution in [3.63, 3.8) is 0 Å². The fourth-order valence-corrected chi connectivity index (χ4v) is 2.00. The molecule has 2 aliphatic heterocycles. The summed E-state index contributed by atoms with van der Waals surface area (Å²) >= 11 is 0. The van der Waals surface area contributed by atoms with Gasteiger partial charge in [-0.25, -0.2) is 0 Å². The van der Waals surface area contributed by atoms with Gasteiger partial charge in [-0.05, 0) is 0 Å². The van der Waals surface area contributed by atoms with E-state index in [2.05, 4.69) is 28.7 Å². The minimum Gasteiger partial charge on any atom is -0.717 e. The van der Waals surface area contributed by atoms with Crippen molar-refractivity contribution in [1.29, 1.82) is 0 Å². The topological polar surface area (TPSA) is 12.2 Å². The summed E-state index contributed by atoms with van der Waals surface area (Å²) in [6, 6.07) is 9.08. The van der Waals surface area contributed by atoms with E-state index in [0.717, 1.165) is 13.0 Å². The molecule has 3 rings (SSSR count). The molecule has 0 unspecified atom stereocenters. The second kappa shape index (κ2) is 2.19. The molecule has 3 heteroatoms. The summed E-state index contributed by atoms with van der Waals surface area (Å²) in [5, 5.41) is 0. The lowest BCUT2D eigenvalue weighted by Gasteiger charge is -2.05. The van der Waals surface area contributed by atoms with Gasteiger partial charge in [0, 0.05) is 18.1 Å². The van der Waals surface area contributed by atoms with Gasteiger partial charge in [0.15, 0.2) is 5.69 Å². The van der Waals surface area contributed by atoms with Crippen LogP contribution in [0.4, 0.5) is 5.69 Å². The van der Waals surface area contributed by atoms with Gasteiger partial charge in [-0.1, -0.05) is 18.2 Å². The van der Waals surface area contributed by atoms with E-state index in [0.29, 0.717) is 6.04 Å². The van der Waals surface area contributed by atoms with Gasteiger partial charge in [0.25, 0.3) is 7.27 Å². The fraction of sp³-hybridized carbons (Fsp3) is 0.333. The summed E-state index contributed by atoms with van der Waals surface area (Å²) in [4.78, 5) is 0. The highest BCUT2D eigenvalue weighted by molar-refractivity contribution is 6.08. The van der Waals surface area contributed by atoms with Crippen molar-refractivity contribution < 1.29 is 9.13 Å². The third-order valence-electron chi connectivity index (χ3n) is 2.60. The van der Waals surface area contributed by atoms with Crippen molar-refractivity contribution in [2.24, 2.45) is 0 Å². The van der Waals surface area contributed by atoms with E-state index >= 15 is 0 Å². The van der Waals surface area contributed by atoms with Crippen LogP contribution in [0.2, 0.25) is 0 Å². The van der Waals surface area contributed by atoms with E-state index in [1.165, 1.54) is 11.3 Å². The molecule has 0 aromatic heterocycles. The number of hydrogen-bond acceptors (Lipinski definition) is 1. The van der Waals surface area contributed by atoms with E-state index < -0.39 is 0 Å². The van der Waals surface area contributed by atoms with Gasteiger partial charge in [-0.2, -0.15) is 0 Å². The molecule has 0 saturated carbocycles. The lowest BCUT2D eigenvalue weighted by Crippen LogP contribution is -2.16. The van der Waals surface area contributed by atoms with E-state index in [9.17, 15) is 0 Å². The summed E-state index contributed by atoms with van der Waals surface area (Å²) in [6.07, 6.45) is 1.13. The van der Waals surface area contributed by atoms with Crippen LogP contribution in [0, 0.1) is 0 Å². The van der Waals surface area contributed by atoms with E-state index in [4.69, 9.17) is 4.65 Å². The van der Waals surface area contributed by atoms with E-state index in [-0.39, 0.29) is 0 Å². The molecule has 2 nitrogen and oxygen atoms in total. The lowest BCUT2D eigenvalue weighted by atomic mass is 10.1. The van der Waals surface area contributed by atoms with E-state index in [1.54, 1.807) is 0 Å². The third-order valence-corrected chi connectivity index (χ3v) is 2.60. The maximum atomic E-state index is 5.27. The van der Waals surface area contributed by atoms with Crippen LogP contribution >= 0.6 is 0 Å². The molecule has 0 N–H and O–H groups in total. The van der Waals surface area contributed by atoms with Gasteiger partial charge < -0.3 is 9.13 Å². The standard InChI is InChI=1S/C9H9BNO/c1-2-4-9-7(3-1)5-8-6-12-10-11(8)9/h1-4,8H,5-6H2/t8-/m1/s1. The lowest BCUT2D eigenvalue weighted by molar-refractivity contribution is -0.447. The average molecular weight is 158 g/mol. The fourth-order valence-electron chi connectivity index (χ4n) is 2.00. The average Bonchev–Trinajstić information content (AvgIpc) is 2.62. The van der Waals surface area contributed by atoms with Crippen LogP contribution in [0.1, 0.15) is 5.56 Å². The first-order valence-corrected chi connectivity index (χ1v) is 4.26. The maximum Gasteiger partial charge on any atom is 0.299 e. The molecule has 0 saturated heterocycles. The molecule has 1 aromatic rings. The van der Waals surface area contributed by atoms with Crippen molar-refractivity contribution in [2.75, 3.05) is 6.61 Å². The number of hydrogen-bond donors (Lipinski definition) is 0. The minimum absolute atomic E-state index is 0.558. The first-order chi connectivity index (χ1) is 5.95. The monoisotopic (exact) mass is 158 g/mol. The zero-order valence-electron chi connectivity index (χ0n) is 6.73. The van der Waals surface area contributed by atoms with E-state index in [1.807, 2.05) is 7.27 Å². The summed E-state index contributed by atoms with van der Waals surface area (Å²) in [6.45, 7) is 0.842. The molecule has 0 bridgehead atoms. The Hall–Kier alpha value is -1.12. The minimum atomic E-state index is 0.558. The second-order valence-corrected chi connectivity index (χ2v) is 3.33. The largest absolute Gasteiger partial charge is 0.717 e. The molecule has 2 aliphatic rings. The molecule has 1 aromatic carbocycles. The second-order valence-electron chi connectivity index (χ2n) is 3.33. The van der Waals surface area contributed by atoms with Gasteiger partial charge >= 0.3 is 0 Å². The maximum absolute atomic E-state index is 5.27. The Morgan fingerprint density at radius 2 is 2.33 bits per heavy atom. The molecule has 2 heterocycles. The van der Waals surface area contributed by atoms with Gasteiger partial charge in [0.2, 0.25) is 0 Å². The first-order valence-electron chi connectivity index (χ1n) is 4.26. The molecular formula is C9H9BNO. The Kier molecular flexibility index (Phi) is 1.17. The van der Waals surface area contributed by atoms with Gasteiger partial charge in [0.1, 0.15) is 6.04 Å². The molecule has 12 heavy (non-hydrogen) atoms. The highest BCUT2D eigenvalue weighted by atomic mass is 16.4. The molecule has 1 radical (unpaired) electrons. The molecule has 0 aliphatic carbocycles. The Morgan fingerprint density at radius 1 is 1.42 bits per heavy atom. The number of rotatable bonds is 0. The van der Waals surface area contributed by atoms with Crippen molar-refractivity contribution in [1.82, 2.24) is 0 Å². The van der Waals surface area contributed by atoms with Crippen LogP contribution in [-0.2, 0) is 11.1 Å². The molecule has 1 atom stereocenters. The predicted octanol–water partition coefficient (Wildman–Crippen LogP) is 1.09. The Balaban J connectivity index is 2.20. The molecule has 0 amide bonds. The molecule has 59 valence electrons. The third kappa shape index (κ3) is 0.710. The Bertz CT molecular complexity index is 361. The molecule has 0 spiro atoms. The zero-order chi connectivity index (χ0) is 7.97. The van der Waals surface area contributed by atoms with Gasteiger partial charge in [-0.15, -0.1) is 0 Å². The predicted molar refractivity (Wildman–Crippen MR) is 45.6 cm³/mol. The van der Waals surface area contributed by atoms with Crippen LogP contribution in [0.15, 0.2) is 24.3 Å². The number of para-hydroxylation sites is 1. The van der Waals surface area contributed by atoms with Gasteiger partial charge in [-0.3, -0.25) is 0 Å². The number of nitrogens with zero attached hydrogens (tertiary/aromatic N) is 1. The highest BCUT2D eigenvalue weighted by Gasteiger charge is 2.29. The van der Waals surface area contributed by atoms with Crippen LogP contribution < -0.4 is 0 Å². The van der Waals surface area contributed by atoms with Crippen molar-refractivity contribution >= 4 is 13.0 Å². The first kappa shape index (κ1) is 6.41. The smallest absolute Gasteiger partial charge is 0.299 e. The number of fused-ring (bicyclic) bond motifs is 3. The van der Waals surface area contributed by atoms with Crippen LogP contribution in [-0.4, -0.2) is 24.4 Å². The van der Waals surface area contributed by atoms with Crippen molar-refractivity contribution in [2.45, 2.75) is 12.5 Å². The summed E-state index contributed by atoms with van der Waals surface area (Å²) in [5.74, 6) is 0.